The molecule has 1 atom stereocenters. The smallest absolute Gasteiger partial charge is 0.131 e. The number of hydrogen-bond donors (Lipinski definition) is 2. The normalized spacial score (nSPS) is 12.4. The maximum absolute atomic E-state index is 13.8. The second kappa shape index (κ2) is 5.73. The van der Waals surface area contributed by atoms with E-state index in [9.17, 15) is 8.78 Å². The standard InChI is InChI=1S/C13H11F2IN2/c14-8-5-6-9(11(15)7-8)13(18-17)10-3-1-2-4-12(10)16/h1-7,13,18H,17H2. The molecule has 0 saturated carbocycles. The van der Waals surface area contributed by atoms with Crippen LogP contribution in [-0.4, -0.2) is 0 Å². The predicted octanol–water partition coefficient (Wildman–Crippen LogP) is 3.12. The molecule has 0 radical (unpaired) electrons. The van der Waals surface area contributed by atoms with E-state index >= 15 is 0 Å². The van der Waals surface area contributed by atoms with Gasteiger partial charge in [-0.1, -0.05) is 24.3 Å². The first kappa shape index (κ1) is 13.4. The van der Waals surface area contributed by atoms with Crippen molar-refractivity contribution in [1.29, 1.82) is 0 Å². The molecule has 18 heavy (non-hydrogen) atoms. The largest absolute Gasteiger partial charge is 0.271 e. The molecule has 2 aromatic carbocycles. The Morgan fingerprint density at radius 2 is 1.78 bits per heavy atom. The average Bonchev–Trinajstić information content (AvgIpc) is 2.34. The minimum absolute atomic E-state index is 0.322. The van der Waals surface area contributed by atoms with Crippen molar-refractivity contribution >= 4 is 22.6 Å². The van der Waals surface area contributed by atoms with Crippen LogP contribution in [0, 0.1) is 15.2 Å². The van der Waals surface area contributed by atoms with E-state index in [1.54, 1.807) is 0 Å². The van der Waals surface area contributed by atoms with Gasteiger partial charge in [0, 0.05) is 15.2 Å². The first-order valence-electron chi connectivity index (χ1n) is 5.29. The third-order valence-corrected chi connectivity index (χ3v) is 3.64. The van der Waals surface area contributed by atoms with Gasteiger partial charge in [0.05, 0.1) is 6.04 Å². The Balaban J connectivity index is 2.49. The van der Waals surface area contributed by atoms with E-state index in [0.29, 0.717) is 5.56 Å². The lowest BCUT2D eigenvalue weighted by Gasteiger charge is -2.19. The maximum atomic E-state index is 13.8. The van der Waals surface area contributed by atoms with Crippen LogP contribution in [0.4, 0.5) is 8.78 Å². The highest BCUT2D eigenvalue weighted by Crippen LogP contribution is 2.27. The van der Waals surface area contributed by atoms with E-state index < -0.39 is 17.7 Å². The molecule has 5 heteroatoms. The fourth-order valence-corrected chi connectivity index (χ4v) is 2.49. The number of halogens is 3. The van der Waals surface area contributed by atoms with Crippen molar-refractivity contribution in [2.24, 2.45) is 5.84 Å². The number of hydrazine groups is 1. The van der Waals surface area contributed by atoms with E-state index in [1.807, 2.05) is 24.3 Å². The van der Waals surface area contributed by atoms with Gasteiger partial charge in [-0.3, -0.25) is 5.84 Å². The second-order valence-electron chi connectivity index (χ2n) is 3.79. The molecule has 0 aliphatic heterocycles. The van der Waals surface area contributed by atoms with Crippen LogP contribution in [-0.2, 0) is 0 Å². The summed E-state index contributed by atoms with van der Waals surface area (Å²) in [5.74, 6) is 4.28. The van der Waals surface area contributed by atoms with Crippen molar-refractivity contribution in [3.63, 3.8) is 0 Å². The number of hydrogen-bond acceptors (Lipinski definition) is 2. The van der Waals surface area contributed by atoms with Crippen molar-refractivity contribution in [2.75, 3.05) is 0 Å². The highest BCUT2D eigenvalue weighted by molar-refractivity contribution is 14.1. The van der Waals surface area contributed by atoms with Gasteiger partial charge in [-0.2, -0.15) is 0 Å². The number of rotatable bonds is 3. The van der Waals surface area contributed by atoms with Gasteiger partial charge < -0.3 is 0 Å². The molecule has 0 aliphatic carbocycles. The first-order chi connectivity index (χ1) is 8.63. The Hall–Kier alpha value is -1.05. The summed E-state index contributed by atoms with van der Waals surface area (Å²) >= 11 is 2.15. The summed E-state index contributed by atoms with van der Waals surface area (Å²) in [6.45, 7) is 0. The van der Waals surface area contributed by atoms with E-state index in [-0.39, 0.29) is 0 Å². The van der Waals surface area contributed by atoms with Gasteiger partial charge in [0.2, 0.25) is 0 Å². The SMILES string of the molecule is NNC(c1ccc(F)cc1F)c1ccccc1I. The Kier molecular flexibility index (Phi) is 4.26. The zero-order valence-electron chi connectivity index (χ0n) is 9.33. The molecular formula is C13H11F2IN2. The molecule has 2 nitrogen and oxygen atoms in total. The zero-order valence-corrected chi connectivity index (χ0v) is 11.5. The fraction of sp³-hybridized carbons (Fsp3) is 0.0769. The lowest BCUT2D eigenvalue weighted by molar-refractivity contribution is 0.541. The number of benzene rings is 2. The summed E-state index contributed by atoms with van der Waals surface area (Å²) < 4.78 is 27.6. The molecule has 3 N–H and O–H groups in total. The molecule has 0 heterocycles. The van der Waals surface area contributed by atoms with E-state index in [4.69, 9.17) is 5.84 Å². The molecule has 0 spiro atoms. The van der Waals surface area contributed by atoms with Gasteiger partial charge in [-0.15, -0.1) is 0 Å². The van der Waals surface area contributed by atoms with E-state index in [1.165, 1.54) is 12.1 Å². The van der Waals surface area contributed by atoms with Gasteiger partial charge in [0.25, 0.3) is 0 Å². The monoisotopic (exact) mass is 360 g/mol. The van der Waals surface area contributed by atoms with Crippen molar-refractivity contribution in [3.05, 3.63) is 68.8 Å². The third-order valence-electron chi connectivity index (χ3n) is 2.66. The highest BCUT2D eigenvalue weighted by Gasteiger charge is 2.18. The molecule has 1 unspecified atom stereocenters. The lowest BCUT2D eigenvalue weighted by atomic mass is 9.99. The minimum Gasteiger partial charge on any atom is -0.271 e. The second-order valence-corrected chi connectivity index (χ2v) is 4.95. The summed E-state index contributed by atoms with van der Waals surface area (Å²) in [4.78, 5) is 0. The van der Waals surface area contributed by atoms with Crippen LogP contribution in [0.25, 0.3) is 0 Å². The fourth-order valence-electron chi connectivity index (χ4n) is 1.79. The van der Waals surface area contributed by atoms with Gasteiger partial charge in [0.1, 0.15) is 11.6 Å². The quantitative estimate of drug-likeness (QED) is 0.502. The molecule has 0 aromatic heterocycles. The van der Waals surface area contributed by atoms with Crippen LogP contribution < -0.4 is 11.3 Å². The summed E-state index contributed by atoms with van der Waals surface area (Å²) in [5, 5.41) is 0. The van der Waals surface area contributed by atoms with E-state index in [2.05, 4.69) is 28.0 Å². The Morgan fingerprint density at radius 3 is 2.39 bits per heavy atom. The summed E-state index contributed by atoms with van der Waals surface area (Å²) in [6.07, 6.45) is 0. The Bertz CT molecular complexity index is 560. The average molecular weight is 360 g/mol. The van der Waals surface area contributed by atoms with Crippen LogP contribution in [0.1, 0.15) is 17.2 Å². The molecular weight excluding hydrogens is 349 g/mol. The van der Waals surface area contributed by atoms with Crippen molar-refractivity contribution in [2.45, 2.75) is 6.04 Å². The summed E-state index contributed by atoms with van der Waals surface area (Å²) in [5.41, 5.74) is 3.74. The summed E-state index contributed by atoms with van der Waals surface area (Å²) in [7, 11) is 0. The summed E-state index contributed by atoms with van der Waals surface area (Å²) in [6, 6.07) is 10.5. The van der Waals surface area contributed by atoms with Crippen molar-refractivity contribution in [1.82, 2.24) is 5.43 Å². The molecule has 2 aromatic rings. The highest BCUT2D eigenvalue weighted by atomic mass is 127. The van der Waals surface area contributed by atoms with Crippen LogP contribution in [0.3, 0.4) is 0 Å². The topological polar surface area (TPSA) is 38.0 Å². The Labute approximate surface area is 117 Å². The molecule has 0 aliphatic rings. The molecule has 0 fully saturated rings. The van der Waals surface area contributed by atoms with Gasteiger partial charge in [0.15, 0.2) is 0 Å². The lowest BCUT2D eigenvalue weighted by Crippen LogP contribution is -2.30. The molecule has 94 valence electrons. The van der Waals surface area contributed by atoms with Crippen LogP contribution in [0.2, 0.25) is 0 Å². The van der Waals surface area contributed by atoms with Crippen LogP contribution >= 0.6 is 22.6 Å². The van der Waals surface area contributed by atoms with Gasteiger partial charge in [-0.05, 0) is 40.3 Å². The van der Waals surface area contributed by atoms with E-state index in [0.717, 1.165) is 15.2 Å². The molecule has 0 saturated heterocycles. The van der Waals surface area contributed by atoms with Gasteiger partial charge in [-0.25, -0.2) is 14.2 Å². The van der Waals surface area contributed by atoms with Crippen LogP contribution in [0.15, 0.2) is 42.5 Å². The van der Waals surface area contributed by atoms with Crippen LogP contribution in [0.5, 0.6) is 0 Å². The zero-order chi connectivity index (χ0) is 13.1. The molecule has 0 amide bonds. The third kappa shape index (κ3) is 2.68. The van der Waals surface area contributed by atoms with Crippen molar-refractivity contribution < 1.29 is 8.78 Å². The predicted molar refractivity (Wildman–Crippen MR) is 74.7 cm³/mol. The van der Waals surface area contributed by atoms with Gasteiger partial charge >= 0.3 is 0 Å². The molecule has 0 bridgehead atoms. The first-order valence-corrected chi connectivity index (χ1v) is 6.37. The Morgan fingerprint density at radius 1 is 1.06 bits per heavy atom. The number of nitrogens with one attached hydrogen (secondary N) is 1. The van der Waals surface area contributed by atoms with Crippen molar-refractivity contribution in [3.8, 4) is 0 Å². The number of nitrogens with two attached hydrogens (primary N) is 1. The molecule has 2 rings (SSSR count). The maximum Gasteiger partial charge on any atom is 0.131 e. The minimum atomic E-state index is -0.613.